The average molecular weight is 280 g/mol. The van der Waals surface area contributed by atoms with Crippen LogP contribution in [0.2, 0.25) is 0 Å². The Morgan fingerprint density at radius 3 is 2.40 bits per heavy atom. The third kappa shape index (κ3) is 2.84. The van der Waals surface area contributed by atoms with Crippen molar-refractivity contribution in [1.82, 2.24) is 10.2 Å². The van der Waals surface area contributed by atoms with E-state index in [-0.39, 0.29) is 29.8 Å². The van der Waals surface area contributed by atoms with Crippen molar-refractivity contribution in [1.29, 1.82) is 0 Å². The predicted octanol–water partition coefficient (Wildman–Crippen LogP) is 2.33. The van der Waals surface area contributed by atoms with Crippen molar-refractivity contribution in [2.75, 3.05) is 6.54 Å². The number of carbonyl (C=O) groups excluding carboxylic acids is 2. The van der Waals surface area contributed by atoms with Crippen LogP contribution in [0, 0.1) is 11.8 Å². The molecule has 0 bridgehead atoms. The molecule has 0 spiro atoms. The van der Waals surface area contributed by atoms with E-state index in [9.17, 15) is 9.59 Å². The summed E-state index contributed by atoms with van der Waals surface area (Å²) in [5.41, 5.74) is 0. The molecule has 2 fully saturated rings. The first kappa shape index (κ1) is 15.3. The summed E-state index contributed by atoms with van der Waals surface area (Å²) >= 11 is 0. The van der Waals surface area contributed by atoms with Crippen LogP contribution in [0.3, 0.4) is 0 Å². The van der Waals surface area contributed by atoms with E-state index < -0.39 is 0 Å². The SMILES string of the molecule is CCC(C)C1NC(=O)C(C2CCCCC2)N(CC)C1=O. The van der Waals surface area contributed by atoms with Crippen molar-refractivity contribution in [2.45, 2.75) is 71.4 Å². The second-order valence-electron chi connectivity index (χ2n) is 6.34. The van der Waals surface area contributed by atoms with Crippen molar-refractivity contribution in [3.63, 3.8) is 0 Å². The number of rotatable bonds is 4. The number of hydrogen-bond acceptors (Lipinski definition) is 2. The molecule has 2 amide bonds. The number of piperazine rings is 1. The molecule has 1 N–H and O–H groups in total. The normalized spacial score (nSPS) is 30.2. The van der Waals surface area contributed by atoms with E-state index >= 15 is 0 Å². The van der Waals surface area contributed by atoms with Gasteiger partial charge >= 0.3 is 0 Å². The van der Waals surface area contributed by atoms with Gasteiger partial charge < -0.3 is 10.2 Å². The third-order valence-electron chi connectivity index (χ3n) is 5.10. The first-order valence-electron chi connectivity index (χ1n) is 8.21. The number of hydrogen-bond donors (Lipinski definition) is 1. The molecule has 0 aromatic heterocycles. The molecule has 1 aliphatic carbocycles. The highest BCUT2D eigenvalue weighted by molar-refractivity contribution is 5.97. The lowest BCUT2D eigenvalue weighted by Gasteiger charge is -2.44. The third-order valence-corrected chi connectivity index (χ3v) is 5.10. The second kappa shape index (κ2) is 6.59. The molecule has 4 heteroatoms. The second-order valence-corrected chi connectivity index (χ2v) is 6.34. The molecule has 114 valence electrons. The van der Waals surface area contributed by atoms with E-state index in [4.69, 9.17) is 0 Å². The van der Waals surface area contributed by atoms with Crippen molar-refractivity contribution in [3.8, 4) is 0 Å². The van der Waals surface area contributed by atoms with E-state index in [1.165, 1.54) is 19.3 Å². The highest BCUT2D eigenvalue weighted by Gasteiger charge is 2.44. The summed E-state index contributed by atoms with van der Waals surface area (Å²) in [5, 5.41) is 3.00. The van der Waals surface area contributed by atoms with Crippen LogP contribution in [0.5, 0.6) is 0 Å². The Balaban J connectivity index is 2.17. The summed E-state index contributed by atoms with van der Waals surface area (Å²) in [6.45, 7) is 6.73. The van der Waals surface area contributed by atoms with E-state index in [0.29, 0.717) is 12.5 Å². The lowest BCUT2D eigenvalue weighted by atomic mass is 9.81. The molecule has 20 heavy (non-hydrogen) atoms. The zero-order valence-corrected chi connectivity index (χ0v) is 13.0. The summed E-state index contributed by atoms with van der Waals surface area (Å²) in [7, 11) is 0. The Morgan fingerprint density at radius 1 is 1.20 bits per heavy atom. The van der Waals surface area contributed by atoms with Gasteiger partial charge in [0.05, 0.1) is 0 Å². The highest BCUT2D eigenvalue weighted by atomic mass is 16.2. The summed E-state index contributed by atoms with van der Waals surface area (Å²) in [4.78, 5) is 27.0. The van der Waals surface area contributed by atoms with Gasteiger partial charge in [0.1, 0.15) is 12.1 Å². The van der Waals surface area contributed by atoms with Crippen molar-refractivity contribution in [2.24, 2.45) is 11.8 Å². The molecule has 1 saturated heterocycles. The maximum atomic E-state index is 12.7. The molecule has 4 nitrogen and oxygen atoms in total. The Kier molecular flexibility index (Phi) is 5.06. The van der Waals surface area contributed by atoms with E-state index in [1.807, 2.05) is 18.7 Å². The van der Waals surface area contributed by atoms with Gasteiger partial charge in [-0.1, -0.05) is 39.5 Å². The molecular weight excluding hydrogens is 252 g/mol. The van der Waals surface area contributed by atoms with Crippen LogP contribution in [-0.4, -0.2) is 35.3 Å². The monoisotopic (exact) mass is 280 g/mol. The Morgan fingerprint density at radius 2 is 1.85 bits per heavy atom. The summed E-state index contributed by atoms with van der Waals surface area (Å²) < 4.78 is 0. The molecule has 2 rings (SSSR count). The van der Waals surface area contributed by atoms with Crippen molar-refractivity contribution >= 4 is 11.8 Å². The van der Waals surface area contributed by atoms with Crippen LogP contribution in [0.1, 0.15) is 59.3 Å². The average Bonchev–Trinajstić information content (AvgIpc) is 2.48. The lowest BCUT2D eigenvalue weighted by molar-refractivity contribution is -0.153. The Hall–Kier alpha value is -1.06. The fourth-order valence-corrected chi connectivity index (χ4v) is 3.65. The van der Waals surface area contributed by atoms with E-state index in [1.54, 1.807) is 0 Å². The first-order chi connectivity index (χ1) is 9.60. The van der Waals surface area contributed by atoms with Crippen molar-refractivity contribution < 1.29 is 9.59 Å². The molecule has 1 aliphatic heterocycles. The van der Waals surface area contributed by atoms with Gasteiger partial charge in [-0.2, -0.15) is 0 Å². The van der Waals surface area contributed by atoms with Crippen LogP contribution >= 0.6 is 0 Å². The summed E-state index contributed by atoms with van der Waals surface area (Å²) in [5.74, 6) is 0.749. The van der Waals surface area contributed by atoms with Gasteiger partial charge in [0.2, 0.25) is 11.8 Å². The van der Waals surface area contributed by atoms with Gasteiger partial charge in [0, 0.05) is 6.54 Å². The molecule has 1 saturated carbocycles. The zero-order valence-electron chi connectivity index (χ0n) is 13.0. The van der Waals surface area contributed by atoms with Gasteiger partial charge in [-0.25, -0.2) is 0 Å². The van der Waals surface area contributed by atoms with Crippen LogP contribution < -0.4 is 5.32 Å². The smallest absolute Gasteiger partial charge is 0.246 e. The van der Waals surface area contributed by atoms with Gasteiger partial charge in [0.25, 0.3) is 0 Å². The number of amides is 2. The standard InChI is InChI=1S/C16H28N2O2/c1-4-11(3)13-16(20)18(5-2)14(15(19)17-13)12-9-7-6-8-10-12/h11-14H,4-10H2,1-3H3,(H,17,19). The van der Waals surface area contributed by atoms with E-state index in [2.05, 4.69) is 12.2 Å². The Labute approximate surface area is 122 Å². The number of carbonyl (C=O) groups is 2. The molecule has 0 aromatic carbocycles. The minimum absolute atomic E-state index is 0.0728. The molecule has 3 atom stereocenters. The maximum Gasteiger partial charge on any atom is 0.246 e. The number of nitrogens with one attached hydrogen (secondary N) is 1. The minimum atomic E-state index is -0.327. The van der Waals surface area contributed by atoms with Gasteiger partial charge in [-0.15, -0.1) is 0 Å². The van der Waals surface area contributed by atoms with Gasteiger partial charge in [0.15, 0.2) is 0 Å². The first-order valence-corrected chi connectivity index (χ1v) is 8.21. The number of nitrogens with zero attached hydrogens (tertiary/aromatic N) is 1. The number of likely N-dealkylation sites (N-methyl/N-ethyl adjacent to an activating group) is 1. The zero-order chi connectivity index (χ0) is 14.7. The van der Waals surface area contributed by atoms with Gasteiger partial charge in [-0.3, -0.25) is 9.59 Å². The maximum absolute atomic E-state index is 12.7. The molecule has 0 radical (unpaired) electrons. The fraction of sp³-hybridized carbons (Fsp3) is 0.875. The fourth-order valence-electron chi connectivity index (χ4n) is 3.65. The Bertz CT molecular complexity index is 363. The molecule has 1 heterocycles. The molecular formula is C16H28N2O2. The largest absolute Gasteiger partial charge is 0.342 e. The summed E-state index contributed by atoms with van der Waals surface area (Å²) in [6.07, 6.45) is 6.71. The van der Waals surface area contributed by atoms with Crippen LogP contribution in [0.15, 0.2) is 0 Å². The minimum Gasteiger partial charge on any atom is -0.342 e. The molecule has 2 aliphatic rings. The van der Waals surface area contributed by atoms with Crippen LogP contribution in [-0.2, 0) is 9.59 Å². The van der Waals surface area contributed by atoms with Gasteiger partial charge in [-0.05, 0) is 31.6 Å². The molecule has 0 aromatic rings. The quantitative estimate of drug-likeness (QED) is 0.859. The predicted molar refractivity (Wildman–Crippen MR) is 79.1 cm³/mol. The highest BCUT2D eigenvalue weighted by Crippen LogP contribution is 2.31. The van der Waals surface area contributed by atoms with Crippen LogP contribution in [0.4, 0.5) is 0 Å². The van der Waals surface area contributed by atoms with Crippen molar-refractivity contribution in [3.05, 3.63) is 0 Å². The van der Waals surface area contributed by atoms with Crippen LogP contribution in [0.25, 0.3) is 0 Å². The summed E-state index contributed by atoms with van der Waals surface area (Å²) in [6, 6.07) is -0.555. The van der Waals surface area contributed by atoms with E-state index in [0.717, 1.165) is 19.3 Å². The topological polar surface area (TPSA) is 49.4 Å². The lowest BCUT2D eigenvalue weighted by Crippen LogP contribution is -2.66. The molecule has 3 unspecified atom stereocenters.